The molecule has 0 aliphatic heterocycles. The van der Waals surface area contributed by atoms with Gasteiger partial charge in [0.05, 0.1) is 5.56 Å². The van der Waals surface area contributed by atoms with Crippen molar-refractivity contribution in [1.82, 2.24) is 0 Å². The monoisotopic (exact) mass is 404 g/mol. The third-order valence-electron chi connectivity index (χ3n) is 5.35. The summed E-state index contributed by atoms with van der Waals surface area (Å²) in [6, 6.07) is 8.96. The number of esters is 1. The number of ether oxygens (including phenoxy) is 1. The number of hydrogen-bond donors (Lipinski definition) is 1. The number of aliphatic hydroxyl groups is 1. The maximum absolute atomic E-state index is 12.3. The lowest BCUT2D eigenvalue weighted by molar-refractivity contribution is -0.115. The fraction of sp³-hybridized carbons (Fsp3) is 0.680. The van der Waals surface area contributed by atoms with Crippen LogP contribution in [-0.4, -0.2) is 29.6 Å². The number of carbonyl (C=O) groups is 2. The molecule has 0 amide bonds. The van der Waals surface area contributed by atoms with Crippen LogP contribution < -0.4 is 0 Å². The van der Waals surface area contributed by atoms with Gasteiger partial charge in [0, 0.05) is 0 Å². The molecule has 164 valence electrons. The largest absolute Gasteiger partial charge is 0.459 e. The number of aldehydes is 1. The molecule has 29 heavy (non-hydrogen) atoms. The first-order valence-corrected chi connectivity index (χ1v) is 11.6. The van der Waals surface area contributed by atoms with Gasteiger partial charge in [0.15, 0.2) is 0 Å². The van der Waals surface area contributed by atoms with Crippen LogP contribution in [0, 0.1) is 0 Å². The van der Waals surface area contributed by atoms with Crippen molar-refractivity contribution in [2.24, 2.45) is 0 Å². The smallest absolute Gasteiger partial charge is 0.338 e. The van der Waals surface area contributed by atoms with Gasteiger partial charge >= 0.3 is 5.97 Å². The highest BCUT2D eigenvalue weighted by molar-refractivity contribution is 5.89. The van der Waals surface area contributed by atoms with E-state index in [4.69, 9.17) is 4.74 Å². The first kappa shape index (κ1) is 25.4. The molecule has 1 rings (SSSR count). The number of hydrogen-bond acceptors (Lipinski definition) is 4. The van der Waals surface area contributed by atoms with Crippen molar-refractivity contribution in [3.8, 4) is 0 Å². The van der Waals surface area contributed by atoms with Gasteiger partial charge in [0.25, 0.3) is 0 Å². The van der Waals surface area contributed by atoms with Gasteiger partial charge in [-0.05, 0) is 37.8 Å². The Balaban J connectivity index is 2.23. The fourth-order valence-electron chi connectivity index (χ4n) is 3.52. The second-order valence-electron chi connectivity index (χ2n) is 8.00. The van der Waals surface area contributed by atoms with Crippen molar-refractivity contribution in [3.05, 3.63) is 35.9 Å². The Kier molecular flexibility index (Phi) is 15.0. The standard InChI is InChI=1S/C25H40O4/c1-2-3-4-5-6-7-8-9-10-11-15-18-24(20-19-23(27)21-26)29-25(28)22-16-13-12-14-17-22/h12-14,16-17,21,23-24,27H,2-11,15,18-20H2,1H3. The van der Waals surface area contributed by atoms with E-state index in [9.17, 15) is 14.7 Å². The lowest BCUT2D eigenvalue weighted by atomic mass is 10.0. The number of carbonyl (C=O) groups excluding carboxylic acids is 2. The van der Waals surface area contributed by atoms with Crippen LogP contribution in [0.25, 0.3) is 0 Å². The zero-order valence-corrected chi connectivity index (χ0v) is 18.2. The van der Waals surface area contributed by atoms with Crippen molar-refractivity contribution >= 4 is 12.3 Å². The topological polar surface area (TPSA) is 63.6 Å². The molecule has 2 atom stereocenters. The zero-order valence-electron chi connectivity index (χ0n) is 18.2. The maximum Gasteiger partial charge on any atom is 0.338 e. The summed E-state index contributed by atoms with van der Waals surface area (Å²) in [5.74, 6) is -0.334. The quantitative estimate of drug-likeness (QED) is 0.178. The second kappa shape index (κ2) is 17.2. The average Bonchev–Trinajstić information content (AvgIpc) is 2.75. The van der Waals surface area contributed by atoms with E-state index in [0.29, 0.717) is 24.7 Å². The third-order valence-corrected chi connectivity index (χ3v) is 5.35. The zero-order chi connectivity index (χ0) is 21.2. The predicted molar refractivity (Wildman–Crippen MR) is 118 cm³/mol. The number of benzene rings is 1. The Morgan fingerprint density at radius 1 is 0.862 bits per heavy atom. The van der Waals surface area contributed by atoms with Crippen molar-refractivity contribution in [1.29, 1.82) is 0 Å². The van der Waals surface area contributed by atoms with E-state index in [1.54, 1.807) is 12.1 Å². The molecule has 0 spiro atoms. The van der Waals surface area contributed by atoms with Gasteiger partial charge in [-0.15, -0.1) is 0 Å². The maximum atomic E-state index is 12.3. The highest BCUT2D eigenvalue weighted by Gasteiger charge is 2.17. The second-order valence-corrected chi connectivity index (χ2v) is 8.00. The van der Waals surface area contributed by atoms with Crippen LogP contribution in [0.1, 0.15) is 107 Å². The van der Waals surface area contributed by atoms with Crippen LogP contribution in [0.2, 0.25) is 0 Å². The minimum atomic E-state index is -0.981. The molecule has 4 heteroatoms. The highest BCUT2D eigenvalue weighted by atomic mass is 16.5. The molecule has 0 saturated heterocycles. The van der Waals surface area contributed by atoms with E-state index >= 15 is 0 Å². The third kappa shape index (κ3) is 13.2. The average molecular weight is 405 g/mol. The molecule has 0 radical (unpaired) electrons. The lowest BCUT2D eigenvalue weighted by Gasteiger charge is -2.18. The summed E-state index contributed by atoms with van der Waals surface area (Å²) in [4.78, 5) is 23.0. The molecule has 0 fully saturated rings. The Morgan fingerprint density at radius 3 is 1.97 bits per heavy atom. The molecular formula is C25H40O4. The van der Waals surface area contributed by atoms with Gasteiger partial charge < -0.3 is 14.6 Å². The van der Waals surface area contributed by atoms with Crippen LogP contribution in [-0.2, 0) is 9.53 Å². The summed E-state index contributed by atoms with van der Waals surface area (Å²) >= 11 is 0. The van der Waals surface area contributed by atoms with E-state index < -0.39 is 6.10 Å². The molecule has 1 N–H and O–H groups in total. The van der Waals surface area contributed by atoms with Crippen molar-refractivity contribution in [2.75, 3.05) is 0 Å². The predicted octanol–water partition coefficient (Wildman–Crippen LogP) is 6.25. The minimum Gasteiger partial charge on any atom is -0.459 e. The molecule has 1 aromatic rings. The minimum absolute atomic E-state index is 0.254. The Morgan fingerprint density at radius 2 is 1.41 bits per heavy atom. The molecule has 0 bridgehead atoms. The van der Waals surface area contributed by atoms with Gasteiger partial charge in [-0.25, -0.2) is 4.79 Å². The summed E-state index contributed by atoms with van der Waals surface area (Å²) in [7, 11) is 0. The summed E-state index contributed by atoms with van der Waals surface area (Å²) < 4.78 is 5.66. The molecule has 0 saturated carbocycles. The summed E-state index contributed by atoms with van der Waals surface area (Å²) in [5.41, 5.74) is 0.535. The van der Waals surface area contributed by atoms with E-state index in [0.717, 1.165) is 19.3 Å². The molecule has 0 aromatic heterocycles. The van der Waals surface area contributed by atoms with Crippen LogP contribution in [0.15, 0.2) is 30.3 Å². The molecule has 2 unspecified atom stereocenters. The Bertz CT molecular complexity index is 529. The SMILES string of the molecule is CCCCCCCCCCCCCC(CCC(O)C=O)OC(=O)c1ccccc1. The van der Waals surface area contributed by atoms with E-state index in [-0.39, 0.29) is 12.1 Å². The van der Waals surface area contributed by atoms with Gasteiger partial charge in [-0.2, -0.15) is 0 Å². The Hall–Kier alpha value is -1.68. The molecular weight excluding hydrogens is 364 g/mol. The first-order valence-electron chi connectivity index (χ1n) is 11.6. The molecule has 0 heterocycles. The summed E-state index contributed by atoms with van der Waals surface area (Å²) in [6.07, 6.45) is 14.9. The van der Waals surface area contributed by atoms with Crippen LogP contribution in [0.5, 0.6) is 0 Å². The van der Waals surface area contributed by atoms with Gasteiger partial charge in [-0.3, -0.25) is 0 Å². The van der Waals surface area contributed by atoms with Crippen LogP contribution in [0.4, 0.5) is 0 Å². The number of rotatable bonds is 18. The lowest BCUT2D eigenvalue weighted by Crippen LogP contribution is -2.21. The molecule has 4 nitrogen and oxygen atoms in total. The van der Waals surface area contributed by atoms with Crippen molar-refractivity contribution < 1.29 is 19.4 Å². The van der Waals surface area contributed by atoms with Crippen molar-refractivity contribution in [2.45, 2.75) is 109 Å². The van der Waals surface area contributed by atoms with E-state index in [1.807, 2.05) is 18.2 Å². The normalized spacial score (nSPS) is 13.0. The van der Waals surface area contributed by atoms with Gasteiger partial charge in [-0.1, -0.05) is 89.3 Å². The fourth-order valence-corrected chi connectivity index (χ4v) is 3.52. The van der Waals surface area contributed by atoms with Crippen LogP contribution in [0.3, 0.4) is 0 Å². The molecule has 0 aliphatic carbocycles. The van der Waals surface area contributed by atoms with Crippen LogP contribution >= 0.6 is 0 Å². The van der Waals surface area contributed by atoms with E-state index in [1.165, 1.54) is 57.8 Å². The number of aliphatic hydroxyl groups excluding tert-OH is 1. The number of unbranched alkanes of at least 4 members (excludes halogenated alkanes) is 10. The highest BCUT2D eigenvalue weighted by Crippen LogP contribution is 2.17. The van der Waals surface area contributed by atoms with E-state index in [2.05, 4.69) is 6.92 Å². The van der Waals surface area contributed by atoms with Gasteiger partial charge in [0.1, 0.15) is 18.5 Å². The Labute approximate surface area is 177 Å². The van der Waals surface area contributed by atoms with Crippen molar-refractivity contribution in [3.63, 3.8) is 0 Å². The molecule has 0 aliphatic rings. The molecule has 1 aromatic carbocycles. The first-order chi connectivity index (χ1) is 14.2. The summed E-state index contributed by atoms with van der Waals surface area (Å²) in [5, 5.41) is 9.51. The summed E-state index contributed by atoms with van der Waals surface area (Å²) in [6.45, 7) is 2.25. The van der Waals surface area contributed by atoms with Gasteiger partial charge in [0.2, 0.25) is 0 Å².